The van der Waals surface area contributed by atoms with Crippen LogP contribution >= 0.6 is 22.9 Å². The van der Waals surface area contributed by atoms with E-state index >= 15 is 0 Å². The fraction of sp³-hybridized carbons (Fsp3) is 0.333. The van der Waals surface area contributed by atoms with Gasteiger partial charge in [-0.15, -0.1) is 11.3 Å². The van der Waals surface area contributed by atoms with Crippen LogP contribution in [0.5, 0.6) is 0 Å². The summed E-state index contributed by atoms with van der Waals surface area (Å²) >= 11 is 7.31. The van der Waals surface area contributed by atoms with Gasteiger partial charge in [0.15, 0.2) is 0 Å². The molecule has 2 N–H and O–H groups in total. The Labute approximate surface area is 155 Å². The molecule has 1 aromatic carbocycles. The topological polar surface area (TPSA) is 67.4 Å². The number of benzene rings is 1. The highest BCUT2D eigenvalue weighted by molar-refractivity contribution is 7.17. The molecule has 0 unspecified atom stereocenters. The van der Waals surface area contributed by atoms with Crippen molar-refractivity contribution in [2.24, 2.45) is 0 Å². The lowest BCUT2D eigenvalue weighted by molar-refractivity contribution is 0.0601. The molecule has 0 saturated heterocycles. The molecule has 0 atom stereocenters. The number of methoxy groups -OCH3 is 1. The number of carbonyl (C=O) groups is 2. The number of halogens is 1. The van der Waals surface area contributed by atoms with Crippen LogP contribution in [0.4, 0.5) is 15.5 Å². The van der Waals surface area contributed by atoms with E-state index in [0.29, 0.717) is 21.3 Å². The summed E-state index contributed by atoms with van der Waals surface area (Å²) in [5.41, 5.74) is 2.14. The molecule has 1 aliphatic carbocycles. The number of thiophene rings is 1. The molecular formula is C18H19ClN2O3S. The smallest absolute Gasteiger partial charge is 0.341 e. The van der Waals surface area contributed by atoms with Crippen molar-refractivity contribution in [3.8, 4) is 0 Å². The van der Waals surface area contributed by atoms with E-state index in [0.717, 1.165) is 37.7 Å². The van der Waals surface area contributed by atoms with Crippen LogP contribution < -0.4 is 10.6 Å². The Balaban J connectivity index is 1.82. The van der Waals surface area contributed by atoms with Gasteiger partial charge in [-0.1, -0.05) is 18.0 Å². The zero-order valence-electron chi connectivity index (χ0n) is 13.9. The molecule has 3 rings (SSSR count). The van der Waals surface area contributed by atoms with Crippen molar-refractivity contribution in [2.75, 3.05) is 17.7 Å². The summed E-state index contributed by atoms with van der Waals surface area (Å²) in [7, 11) is 1.36. The molecule has 132 valence electrons. The van der Waals surface area contributed by atoms with Gasteiger partial charge in [-0.25, -0.2) is 9.59 Å². The van der Waals surface area contributed by atoms with Gasteiger partial charge in [-0.2, -0.15) is 0 Å². The van der Waals surface area contributed by atoms with E-state index in [1.54, 1.807) is 24.3 Å². The minimum absolute atomic E-state index is 0.399. The lowest BCUT2D eigenvalue weighted by Gasteiger charge is -2.09. The summed E-state index contributed by atoms with van der Waals surface area (Å²) in [6.07, 6.45) is 5.08. The molecule has 5 nitrogen and oxygen atoms in total. The van der Waals surface area contributed by atoms with Crippen LogP contribution in [0.2, 0.25) is 5.02 Å². The first-order chi connectivity index (χ1) is 12.1. The van der Waals surface area contributed by atoms with Crippen LogP contribution in [0.25, 0.3) is 0 Å². The fourth-order valence-electron chi connectivity index (χ4n) is 2.95. The monoisotopic (exact) mass is 378 g/mol. The number of aryl methyl sites for hydroxylation is 1. The Morgan fingerprint density at radius 3 is 2.52 bits per heavy atom. The maximum absolute atomic E-state index is 12.3. The summed E-state index contributed by atoms with van der Waals surface area (Å²) in [5.74, 6) is -0.402. The largest absolute Gasteiger partial charge is 0.465 e. The first-order valence-electron chi connectivity index (χ1n) is 8.15. The van der Waals surface area contributed by atoms with Crippen molar-refractivity contribution in [2.45, 2.75) is 32.1 Å². The van der Waals surface area contributed by atoms with Crippen molar-refractivity contribution < 1.29 is 14.3 Å². The third-order valence-electron chi connectivity index (χ3n) is 4.14. The number of fused-ring (bicyclic) bond motifs is 1. The SMILES string of the molecule is COC(=O)c1c(NC(=O)Nc2ccc(Cl)cc2)sc2c1CCCCC2. The van der Waals surface area contributed by atoms with Gasteiger partial charge < -0.3 is 10.1 Å². The summed E-state index contributed by atoms with van der Waals surface area (Å²) in [4.78, 5) is 25.7. The summed E-state index contributed by atoms with van der Waals surface area (Å²) < 4.78 is 4.94. The van der Waals surface area contributed by atoms with Gasteiger partial charge in [0.25, 0.3) is 0 Å². The second-order valence-electron chi connectivity index (χ2n) is 5.85. The zero-order chi connectivity index (χ0) is 17.8. The average molecular weight is 379 g/mol. The summed E-state index contributed by atoms with van der Waals surface area (Å²) in [6, 6.07) is 6.43. The number of ether oxygens (including phenoxy) is 1. The highest BCUT2D eigenvalue weighted by atomic mass is 35.5. The number of hydrogen-bond donors (Lipinski definition) is 2. The Kier molecular flexibility index (Phi) is 5.60. The predicted octanol–water partition coefficient (Wildman–Crippen LogP) is 5.10. The van der Waals surface area contributed by atoms with Crippen molar-refractivity contribution in [1.82, 2.24) is 0 Å². The standard InChI is InChI=1S/C18H19ClN2O3S/c1-24-17(22)15-13-5-3-2-4-6-14(13)25-16(15)21-18(23)20-12-9-7-11(19)8-10-12/h7-10H,2-6H2,1H3,(H2,20,21,23). The van der Waals surface area contributed by atoms with Crippen molar-refractivity contribution in [3.05, 3.63) is 45.3 Å². The van der Waals surface area contributed by atoms with Gasteiger partial charge in [0, 0.05) is 15.6 Å². The Morgan fingerprint density at radius 2 is 1.80 bits per heavy atom. The number of urea groups is 1. The molecule has 7 heteroatoms. The van der Waals surface area contributed by atoms with Crippen LogP contribution in [-0.4, -0.2) is 19.1 Å². The molecule has 0 fully saturated rings. The second kappa shape index (κ2) is 7.89. The van der Waals surface area contributed by atoms with E-state index in [9.17, 15) is 9.59 Å². The van der Waals surface area contributed by atoms with Gasteiger partial charge >= 0.3 is 12.0 Å². The van der Waals surface area contributed by atoms with Crippen LogP contribution in [-0.2, 0) is 17.6 Å². The Bertz CT molecular complexity index is 786. The quantitative estimate of drug-likeness (QED) is 0.576. The molecule has 25 heavy (non-hydrogen) atoms. The zero-order valence-corrected chi connectivity index (χ0v) is 15.4. The van der Waals surface area contributed by atoms with E-state index in [-0.39, 0.29) is 0 Å². The number of anilines is 2. The lowest BCUT2D eigenvalue weighted by atomic mass is 10.1. The number of carbonyl (C=O) groups excluding carboxylic acids is 2. The van der Waals surface area contributed by atoms with Gasteiger partial charge in [-0.05, 0) is 55.5 Å². The maximum Gasteiger partial charge on any atom is 0.341 e. The van der Waals surface area contributed by atoms with Crippen molar-refractivity contribution >= 4 is 45.6 Å². The molecule has 1 aliphatic rings. The molecule has 1 aromatic heterocycles. The molecular weight excluding hydrogens is 360 g/mol. The van der Waals surface area contributed by atoms with Gasteiger partial charge in [0.2, 0.25) is 0 Å². The second-order valence-corrected chi connectivity index (χ2v) is 7.39. The summed E-state index contributed by atoms with van der Waals surface area (Å²) in [5, 5.41) is 6.69. The van der Waals surface area contributed by atoms with Gasteiger partial charge in [0.05, 0.1) is 12.7 Å². The lowest BCUT2D eigenvalue weighted by Crippen LogP contribution is -2.20. The molecule has 2 amide bonds. The summed E-state index contributed by atoms with van der Waals surface area (Å²) in [6.45, 7) is 0. The van der Waals surface area contributed by atoms with Gasteiger partial charge in [-0.3, -0.25) is 5.32 Å². The minimum Gasteiger partial charge on any atom is -0.465 e. The van der Waals surface area contributed by atoms with E-state index in [1.807, 2.05) is 0 Å². The highest BCUT2D eigenvalue weighted by Crippen LogP contribution is 2.38. The maximum atomic E-state index is 12.3. The normalized spacial score (nSPS) is 13.5. The molecule has 0 radical (unpaired) electrons. The fourth-order valence-corrected chi connectivity index (χ4v) is 4.35. The highest BCUT2D eigenvalue weighted by Gasteiger charge is 2.26. The molecule has 0 aliphatic heterocycles. The van der Waals surface area contributed by atoms with E-state index in [4.69, 9.17) is 16.3 Å². The van der Waals surface area contributed by atoms with Crippen molar-refractivity contribution in [1.29, 1.82) is 0 Å². The molecule has 1 heterocycles. The van der Waals surface area contributed by atoms with Crippen LogP contribution in [0.1, 0.15) is 40.1 Å². The molecule has 0 saturated carbocycles. The molecule has 0 bridgehead atoms. The number of hydrogen-bond acceptors (Lipinski definition) is 4. The number of amides is 2. The van der Waals surface area contributed by atoms with Crippen LogP contribution in [0.3, 0.4) is 0 Å². The molecule has 0 spiro atoms. The third kappa shape index (κ3) is 4.14. The number of esters is 1. The molecule has 2 aromatic rings. The van der Waals surface area contributed by atoms with E-state index in [1.165, 1.54) is 23.3 Å². The van der Waals surface area contributed by atoms with E-state index < -0.39 is 12.0 Å². The first-order valence-corrected chi connectivity index (χ1v) is 9.34. The van der Waals surface area contributed by atoms with Crippen LogP contribution in [0, 0.1) is 0 Å². The average Bonchev–Trinajstić information content (AvgIpc) is 2.77. The predicted molar refractivity (Wildman–Crippen MR) is 101 cm³/mol. The third-order valence-corrected chi connectivity index (χ3v) is 5.60. The van der Waals surface area contributed by atoms with Crippen LogP contribution in [0.15, 0.2) is 24.3 Å². The minimum atomic E-state index is -0.402. The Morgan fingerprint density at radius 1 is 1.08 bits per heavy atom. The van der Waals surface area contributed by atoms with Gasteiger partial charge in [0.1, 0.15) is 5.00 Å². The van der Waals surface area contributed by atoms with Crippen molar-refractivity contribution in [3.63, 3.8) is 0 Å². The number of rotatable bonds is 3. The number of nitrogens with one attached hydrogen (secondary N) is 2. The van der Waals surface area contributed by atoms with E-state index in [2.05, 4.69) is 10.6 Å². The Hall–Kier alpha value is -2.05. The first kappa shape index (κ1) is 17.8.